The van der Waals surface area contributed by atoms with Gasteiger partial charge in [0.15, 0.2) is 11.0 Å². The van der Waals surface area contributed by atoms with Gasteiger partial charge in [-0.3, -0.25) is 14.5 Å². The Labute approximate surface area is 192 Å². The summed E-state index contributed by atoms with van der Waals surface area (Å²) in [6.45, 7) is 5.56. The maximum Gasteiger partial charge on any atom is 0.257 e. The fourth-order valence-electron chi connectivity index (χ4n) is 4.46. The molecule has 5 heteroatoms. The van der Waals surface area contributed by atoms with Crippen molar-refractivity contribution in [3.05, 3.63) is 106 Å². The third-order valence-electron chi connectivity index (χ3n) is 6.32. The molecule has 3 aromatic carbocycles. The van der Waals surface area contributed by atoms with E-state index in [1.54, 1.807) is 25.1 Å². The number of para-hydroxylation sites is 1. The maximum atomic E-state index is 13.5. The maximum absolute atomic E-state index is 13.5. The molecule has 166 valence electrons. The van der Waals surface area contributed by atoms with Gasteiger partial charge in [-0.1, -0.05) is 66.7 Å². The fraction of sp³-hybridized carbons (Fsp3) is 0.214. The van der Waals surface area contributed by atoms with Crippen LogP contribution in [0.15, 0.2) is 88.1 Å². The highest BCUT2D eigenvalue weighted by atomic mass is 16.3. The number of rotatable bonds is 4. The van der Waals surface area contributed by atoms with Crippen LogP contribution in [-0.4, -0.2) is 41.9 Å². The molecule has 0 aliphatic carbocycles. The fourth-order valence-corrected chi connectivity index (χ4v) is 4.46. The summed E-state index contributed by atoms with van der Waals surface area (Å²) in [4.78, 5) is 30.8. The summed E-state index contributed by atoms with van der Waals surface area (Å²) >= 11 is 0. The van der Waals surface area contributed by atoms with Gasteiger partial charge >= 0.3 is 0 Å². The van der Waals surface area contributed by atoms with Crippen LogP contribution in [0, 0.1) is 6.92 Å². The molecular weight excluding hydrogens is 412 g/mol. The Bertz CT molecular complexity index is 1340. The highest BCUT2D eigenvalue weighted by Crippen LogP contribution is 2.28. The van der Waals surface area contributed by atoms with Gasteiger partial charge in [-0.25, -0.2) is 0 Å². The van der Waals surface area contributed by atoms with Gasteiger partial charge in [0.25, 0.3) is 5.91 Å². The lowest BCUT2D eigenvalue weighted by atomic mass is 10.0. The van der Waals surface area contributed by atoms with Gasteiger partial charge in [-0.05, 0) is 24.6 Å². The highest BCUT2D eigenvalue weighted by molar-refractivity contribution is 6.05. The minimum Gasteiger partial charge on any atom is -0.455 e. The van der Waals surface area contributed by atoms with Crippen LogP contribution in [0.25, 0.3) is 22.3 Å². The van der Waals surface area contributed by atoms with Gasteiger partial charge in [0, 0.05) is 43.9 Å². The predicted octanol–water partition coefficient (Wildman–Crippen LogP) is 4.73. The number of carbonyl (C=O) groups is 1. The first-order valence-corrected chi connectivity index (χ1v) is 11.3. The summed E-state index contributed by atoms with van der Waals surface area (Å²) in [5.74, 6) is 0.423. The molecule has 1 saturated heterocycles. The van der Waals surface area contributed by atoms with E-state index in [9.17, 15) is 9.59 Å². The molecule has 33 heavy (non-hydrogen) atoms. The summed E-state index contributed by atoms with van der Waals surface area (Å²) in [6, 6.07) is 25.2. The topological polar surface area (TPSA) is 53.8 Å². The van der Waals surface area contributed by atoms with Crippen molar-refractivity contribution in [2.24, 2.45) is 0 Å². The van der Waals surface area contributed by atoms with Crippen molar-refractivity contribution in [3.8, 4) is 11.3 Å². The van der Waals surface area contributed by atoms with E-state index in [1.165, 1.54) is 5.56 Å². The smallest absolute Gasteiger partial charge is 0.257 e. The number of hydrogen-bond donors (Lipinski definition) is 0. The molecular formula is C28H26N2O3. The first-order valence-electron chi connectivity index (χ1n) is 11.3. The number of piperazine rings is 1. The molecule has 0 bridgehead atoms. The second-order valence-electron chi connectivity index (χ2n) is 8.49. The van der Waals surface area contributed by atoms with Crippen molar-refractivity contribution in [2.75, 3.05) is 26.2 Å². The number of fused-ring (bicyclic) bond motifs is 1. The third kappa shape index (κ3) is 4.20. The van der Waals surface area contributed by atoms with Gasteiger partial charge in [-0.2, -0.15) is 0 Å². The molecule has 4 aromatic rings. The van der Waals surface area contributed by atoms with Gasteiger partial charge < -0.3 is 9.32 Å². The van der Waals surface area contributed by atoms with Crippen LogP contribution in [-0.2, 0) is 6.54 Å². The Morgan fingerprint density at radius 3 is 2.21 bits per heavy atom. The first kappa shape index (κ1) is 21.2. The van der Waals surface area contributed by atoms with E-state index >= 15 is 0 Å². The normalized spacial score (nSPS) is 14.5. The Balaban J connectivity index is 1.42. The summed E-state index contributed by atoms with van der Waals surface area (Å²) in [6.07, 6.45) is 0. The molecule has 5 nitrogen and oxygen atoms in total. The largest absolute Gasteiger partial charge is 0.455 e. The van der Waals surface area contributed by atoms with Crippen molar-refractivity contribution in [3.63, 3.8) is 0 Å². The number of nitrogens with zero attached hydrogens (tertiary/aromatic N) is 2. The molecule has 1 amide bonds. The van der Waals surface area contributed by atoms with E-state index in [0.29, 0.717) is 40.9 Å². The molecule has 1 aromatic heterocycles. The number of carbonyl (C=O) groups excluding carboxylic acids is 1. The number of benzene rings is 3. The monoisotopic (exact) mass is 438 g/mol. The van der Waals surface area contributed by atoms with E-state index in [4.69, 9.17) is 4.42 Å². The standard InChI is InChI=1S/C28H26N2O3/c1-20-25(31)23-13-8-14-24(27(23)33-26(20)22-11-6-3-7-12-22)28(32)30-17-15-29(16-18-30)19-21-9-4-2-5-10-21/h2-14H,15-19H2,1H3. The van der Waals surface area contributed by atoms with Crippen LogP contribution in [0.3, 0.4) is 0 Å². The van der Waals surface area contributed by atoms with Gasteiger partial charge in [0.1, 0.15) is 5.76 Å². The Morgan fingerprint density at radius 2 is 1.52 bits per heavy atom. The molecule has 1 aliphatic heterocycles. The molecule has 1 fully saturated rings. The quantitative estimate of drug-likeness (QED) is 0.462. The molecule has 0 unspecified atom stereocenters. The van der Waals surface area contributed by atoms with E-state index in [-0.39, 0.29) is 11.3 Å². The average Bonchev–Trinajstić information content (AvgIpc) is 2.87. The predicted molar refractivity (Wildman–Crippen MR) is 130 cm³/mol. The molecule has 0 spiro atoms. The van der Waals surface area contributed by atoms with E-state index in [2.05, 4.69) is 29.2 Å². The first-order chi connectivity index (χ1) is 16.1. The molecule has 0 N–H and O–H groups in total. The zero-order chi connectivity index (χ0) is 22.8. The van der Waals surface area contributed by atoms with Crippen molar-refractivity contribution >= 4 is 16.9 Å². The van der Waals surface area contributed by atoms with Crippen molar-refractivity contribution in [1.29, 1.82) is 0 Å². The Kier molecular flexibility index (Phi) is 5.80. The lowest BCUT2D eigenvalue weighted by Crippen LogP contribution is -2.48. The van der Waals surface area contributed by atoms with E-state index in [0.717, 1.165) is 25.2 Å². The molecule has 0 saturated carbocycles. The second-order valence-corrected chi connectivity index (χ2v) is 8.49. The van der Waals surface area contributed by atoms with Crippen molar-refractivity contribution in [1.82, 2.24) is 9.80 Å². The molecule has 5 rings (SSSR count). The van der Waals surface area contributed by atoms with Gasteiger partial charge in [-0.15, -0.1) is 0 Å². The van der Waals surface area contributed by atoms with Gasteiger partial charge in [0.2, 0.25) is 0 Å². The van der Waals surface area contributed by atoms with Crippen molar-refractivity contribution in [2.45, 2.75) is 13.5 Å². The summed E-state index contributed by atoms with van der Waals surface area (Å²) in [5, 5.41) is 0.445. The van der Waals surface area contributed by atoms with Crippen LogP contribution in [0.5, 0.6) is 0 Å². The van der Waals surface area contributed by atoms with Crippen LogP contribution in [0.4, 0.5) is 0 Å². The minimum absolute atomic E-state index is 0.0917. The number of hydrogen-bond acceptors (Lipinski definition) is 4. The van der Waals surface area contributed by atoms with E-state index in [1.807, 2.05) is 41.3 Å². The third-order valence-corrected chi connectivity index (χ3v) is 6.32. The lowest BCUT2D eigenvalue weighted by molar-refractivity contribution is 0.0629. The summed E-state index contributed by atoms with van der Waals surface area (Å²) in [7, 11) is 0. The van der Waals surface area contributed by atoms with E-state index < -0.39 is 0 Å². The molecule has 0 atom stereocenters. The Morgan fingerprint density at radius 1 is 0.848 bits per heavy atom. The molecule has 1 aliphatic rings. The highest BCUT2D eigenvalue weighted by Gasteiger charge is 2.25. The average molecular weight is 439 g/mol. The summed E-state index contributed by atoms with van der Waals surface area (Å²) < 4.78 is 6.24. The molecule has 0 radical (unpaired) electrons. The van der Waals surface area contributed by atoms with Crippen LogP contribution >= 0.6 is 0 Å². The molecule has 2 heterocycles. The van der Waals surface area contributed by atoms with Gasteiger partial charge in [0.05, 0.1) is 10.9 Å². The minimum atomic E-state index is -0.0996. The zero-order valence-electron chi connectivity index (χ0n) is 18.7. The second kappa shape index (κ2) is 9.04. The summed E-state index contributed by atoms with van der Waals surface area (Å²) in [5.41, 5.74) is 3.36. The lowest BCUT2D eigenvalue weighted by Gasteiger charge is -2.34. The van der Waals surface area contributed by atoms with Crippen molar-refractivity contribution < 1.29 is 9.21 Å². The number of amides is 1. The SMILES string of the molecule is Cc1c(-c2ccccc2)oc2c(C(=O)N3CCN(Cc4ccccc4)CC3)cccc2c1=O. The van der Waals surface area contributed by atoms with Crippen LogP contribution in [0.1, 0.15) is 21.5 Å². The van der Waals surface area contributed by atoms with Crippen LogP contribution in [0.2, 0.25) is 0 Å². The zero-order valence-corrected chi connectivity index (χ0v) is 18.7. The van der Waals surface area contributed by atoms with Crippen LogP contribution < -0.4 is 5.43 Å². The Hall–Kier alpha value is -3.70.